The molecule has 3 unspecified atom stereocenters. The third-order valence-electron chi connectivity index (χ3n) is 2.71. The van der Waals surface area contributed by atoms with Gasteiger partial charge in [0.25, 0.3) is 0 Å². The van der Waals surface area contributed by atoms with Gasteiger partial charge in [-0.3, -0.25) is 0 Å². The van der Waals surface area contributed by atoms with Crippen LogP contribution in [-0.2, 0) is 27.4 Å². The number of aliphatic hydroxyl groups is 1. The molecular formula is C11H12O4. The summed E-state index contributed by atoms with van der Waals surface area (Å²) >= 11 is 0. The Hall–Kier alpha value is -0.940. The van der Waals surface area contributed by atoms with Crippen LogP contribution in [0.1, 0.15) is 11.1 Å². The smallest absolute Gasteiger partial charge is 0.192 e. The molecule has 0 spiro atoms. The van der Waals surface area contributed by atoms with E-state index in [1.807, 2.05) is 24.3 Å². The maximum Gasteiger partial charge on any atom is 0.192 e. The predicted octanol–water partition coefficient (Wildman–Crippen LogP) is 0.777. The molecular weight excluding hydrogens is 196 g/mol. The van der Waals surface area contributed by atoms with E-state index in [0.717, 1.165) is 11.1 Å². The number of ether oxygens (including phenoxy) is 3. The Labute approximate surface area is 87.4 Å². The van der Waals surface area contributed by atoms with Crippen molar-refractivity contribution in [3.63, 3.8) is 0 Å². The Balaban J connectivity index is 1.60. The summed E-state index contributed by atoms with van der Waals surface area (Å²) in [6, 6.07) is 7.65. The largest absolute Gasteiger partial charge is 0.392 e. The fourth-order valence-corrected chi connectivity index (χ4v) is 1.69. The molecule has 0 bridgehead atoms. The molecule has 3 rings (SSSR count). The van der Waals surface area contributed by atoms with Gasteiger partial charge in [0, 0.05) is 0 Å². The van der Waals surface area contributed by atoms with Crippen molar-refractivity contribution < 1.29 is 19.3 Å². The van der Waals surface area contributed by atoms with Crippen LogP contribution in [0.25, 0.3) is 0 Å². The van der Waals surface area contributed by atoms with Crippen molar-refractivity contribution in [2.75, 3.05) is 0 Å². The second-order valence-corrected chi connectivity index (χ2v) is 3.71. The molecule has 0 aliphatic carbocycles. The zero-order valence-corrected chi connectivity index (χ0v) is 8.13. The molecule has 1 N–H and O–H groups in total. The lowest BCUT2D eigenvalue weighted by Gasteiger charge is -2.21. The molecule has 4 heteroatoms. The SMILES string of the molecule is OCc1ccccc1COC1OC2OC12. The van der Waals surface area contributed by atoms with Gasteiger partial charge in [-0.2, -0.15) is 0 Å². The molecule has 2 heterocycles. The van der Waals surface area contributed by atoms with Crippen LogP contribution in [0.2, 0.25) is 0 Å². The second kappa shape index (κ2) is 3.57. The lowest BCUT2D eigenvalue weighted by atomic mass is 10.1. The zero-order chi connectivity index (χ0) is 10.3. The van der Waals surface area contributed by atoms with Gasteiger partial charge < -0.3 is 19.3 Å². The average molecular weight is 208 g/mol. The molecule has 0 radical (unpaired) electrons. The van der Waals surface area contributed by atoms with Crippen molar-refractivity contribution in [1.29, 1.82) is 0 Å². The third-order valence-corrected chi connectivity index (χ3v) is 2.71. The number of fused-ring (bicyclic) bond motifs is 1. The van der Waals surface area contributed by atoms with Crippen molar-refractivity contribution >= 4 is 0 Å². The summed E-state index contributed by atoms with van der Waals surface area (Å²) in [5.41, 5.74) is 1.89. The minimum atomic E-state index is -0.221. The van der Waals surface area contributed by atoms with E-state index in [2.05, 4.69) is 0 Å². The minimum absolute atomic E-state index is 0.0110. The van der Waals surface area contributed by atoms with Crippen molar-refractivity contribution in [3.05, 3.63) is 35.4 Å². The van der Waals surface area contributed by atoms with E-state index < -0.39 is 0 Å². The first-order valence-corrected chi connectivity index (χ1v) is 4.98. The van der Waals surface area contributed by atoms with E-state index in [9.17, 15) is 0 Å². The van der Waals surface area contributed by atoms with Crippen LogP contribution < -0.4 is 0 Å². The zero-order valence-electron chi connectivity index (χ0n) is 8.13. The minimum Gasteiger partial charge on any atom is -0.392 e. The number of epoxide rings is 1. The Morgan fingerprint density at radius 3 is 2.60 bits per heavy atom. The van der Waals surface area contributed by atoms with Crippen LogP contribution in [-0.4, -0.2) is 23.8 Å². The lowest BCUT2D eigenvalue weighted by molar-refractivity contribution is -0.207. The van der Waals surface area contributed by atoms with Gasteiger partial charge in [0.15, 0.2) is 18.7 Å². The Morgan fingerprint density at radius 1 is 1.20 bits per heavy atom. The lowest BCUT2D eigenvalue weighted by Crippen LogP contribution is -2.35. The first kappa shape index (κ1) is 9.30. The monoisotopic (exact) mass is 208 g/mol. The summed E-state index contributed by atoms with van der Waals surface area (Å²) in [5, 5.41) is 9.10. The number of rotatable bonds is 4. The van der Waals surface area contributed by atoms with Gasteiger partial charge in [0.05, 0.1) is 13.2 Å². The van der Waals surface area contributed by atoms with Crippen LogP contribution >= 0.6 is 0 Å². The molecule has 2 saturated heterocycles. The maximum atomic E-state index is 9.10. The number of hydrogen-bond acceptors (Lipinski definition) is 4. The fraction of sp³-hybridized carbons (Fsp3) is 0.455. The van der Waals surface area contributed by atoms with Gasteiger partial charge in [-0.1, -0.05) is 24.3 Å². The average Bonchev–Trinajstić information content (AvgIpc) is 2.90. The predicted molar refractivity (Wildman–Crippen MR) is 50.7 cm³/mol. The topological polar surface area (TPSA) is 51.2 Å². The normalized spacial score (nSPS) is 31.9. The summed E-state index contributed by atoms with van der Waals surface area (Å²) in [6.07, 6.45) is -0.0869. The Morgan fingerprint density at radius 2 is 2.00 bits per heavy atom. The first-order valence-electron chi connectivity index (χ1n) is 4.98. The van der Waals surface area contributed by atoms with Gasteiger partial charge in [-0.15, -0.1) is 0 Å². The highest BCUT2D eigenvalue weighted by Crippen LogP contribution is 2.40. The van der Waals surface area contributed by atoms with E-state index >= 15 is 0 Å². The molecule has 2 aliphatic heterocycles. The Kier molecular flexibility index (Phi) is 2.21. The van der Waals surface area contributed by atoms with Gasteiger partial charge in [-0.25, -0.2) is 0 Å². The molecule has 1 aromatic rings. The van der Waals surface area contributed by atoms with Crippen molar-refractivity contribution in [3.8, 4) is 0 Å². The number of aliphatic hydroxyl groups excluding tert-OH is 1. The number of benzene rings is 1. The maximum absolute atomic E-state index is 9.10. The highest BCUT2D eigenvalue weighted by atomic mass is 16.9. The molecule has 0 aromatic heterocycles. The summed E-state index contributed by atoms with van der Waals surface area (Å²) in [7, 11) is 0. The molecule has 3 atom stereocenters. The van der Waals surface area contributed by atoms with Crippen LogP contribution in [0, 0.1) is 0 Å². The quantitative estimate of drug-likeness (QED) is 0.743. The second-order valence-electron chi connectivity index (χ2n) is 3.71. The van der Waals surface area contributed by atoms with Gasteiger partial charge in [-0.05, 0) is 11.1 Å². The summed E-state index contributed by atoms with van der Waals surface area (Å²) in [4.78, 5) is 0. The Bertz CT molecular complexity index is 365. The highest BCUT2D eigenvalue weighted by Gasteiger charge is 2.59. The summed E-state index contributed by atoms with van der Waals surface area (Å²) in [6.45, 7) is 0.488. The van der Waals surface area contributed by atoms with Gasteiger partial charge >= 0.3 is 0 Å². The van der Waals surface area contributed by atoms with Crippen LogP contribution in [0.4, 0.5) is 0 Å². The molecule has 2 aliphatic rings. The van der Waals surface area contributed by atoms with Crippen molar-refractivity contribution in [1.82, 2.24) is 0 Å². The molecule has 0 amide bonds. The van der Waals surface area contributed by atoms with Gasteiger partial charge in [0.1, 0.15) is 0 Å². The van der Waals surface area contributed by atoms with E-state index in [-0.39, 0.29) is 25.3 Å². The molecule has 1 aromatic carbocycles. The fourth-order valence-electron chi connectivity index (χ4n) is 1.69. The van der Waals surface area contributed by atoms with Crippen LogP contribution in [0.5, 0.6) is 0 Å². The van der Waals surface area contributed by atoms with E-state index in [4.69, 9.17) is 19.3 Å². The third kappa shape index (κ3) is 1.66. The first-order chi connectivity index (χ1) is 7.38. The van der Waals surface area contributed by atoms with Crippen molar-refractivity contribution in [2.24, 2.45) is 0 Å². The van der Waals surface area contributed by atoms with E-state index in [0.29, 0.717) is 6.61 Å². The number of hydrogen-bond donors (Lipinski definition) is 1. The molecule has 2 fully saturated rings. The molecule has 0 saturated carbocycles. The highest BCUT2D eigenvalue weighted by molar-refractivity contribution is 5.25. The summed E-state index contributed by atoms with van der Waals surface area (Å²) in [5.74, 6) is 0. The molecule has 4 nitrogen and oxygen atoms in total. The molecule has 80 valence electrons. The van der Waals surface area contributed by atoms with E-state index in [1.165, 1.54) is 0 Å². The van der Waals surface area contributed by atoms with Gasteiger partial charge in [0.2, 0.25) is 0 Å². The van der Waals surface area contributed by atoms with Crippen molar-refractivity contribution in [2.45, 2.75) is 31.9 Å². The van der Waals surface area contributed by atoms with Crippen LogP contribution in [0.15, 0.2) is 24.3 Å². The van der Waals surface area contributed by atoms with Crippen LogP contribution in [0.3, 0.4) is 0 Å². The summed E-state index contributed by atoms with van der Waals surface area (Å²) < 4.78 is 15.8. The standard InChI is InChI=1S/C11H12O4/c12-5-7-3-1-2-4-8(7)6-13-10-9-11(14-9)15-10/h1-4,9-12H,5-6H2. The molecule has 15 heavy (non-hydrogen) atoms. The van der Waals surface area contributed by atoms with E-state index in [1.54, 1.807) is 0 Å².